The zero-order valence-corrected chi connectivity index (χ0v) is 12.6. The number of aromatic carboxylic acids is 1. The van der Waals surface area contributed by atoms with Gasteiger partial charge in [0.15, 0.2) is 5.69 Å². The van der Waals surface area contributed by atoms with E-state index < -0.39 is 23.5 Å². The van der Waals surface area contributed by atoms with Crippen molar-refractivity contribution in [2.45, 2.75) is 12.7 Å². The van der Waals surface area contributed by atoms with Gasteiger partial charge < -0.3 is 14.8 Å². The monoisotopic (exact) mass is 352 g/mol. The molecule has 2 heterocycles. The summed E-state index contributed by atoms with van der Waals surface area (Å²) in [6.45, 7) is -0.159. The lowest BCUT2D eigenvalue weighted by Crippen LogP contribution is -2.12. The van der Waals surface area contributed by atoms with E-state index in [2.05, 4.69) is 5.32 Å². The molecule has 2 N–H and O–H groups in total. The maximum Gasteiger partial charge on any atom is 0.416 e. The van der Waals surface area contributed by atoms with Crippen LogP contribution in [0.1, 0.15) is 21.6 Å². The first kappa shape index (κ1) is 16.8. The van der Waals surface area contributed by atoms with Crippen molar-refractivity contribution in [2.24, 2.45) is 0 Å². The fraction of sp³-hybridized carbons (Fsp3) is 0.118. The molecule has 3 rings (SSSR count). The molecule has 0 radical (unpaired) electrons. The number of nitrogens with zero attached hydrogens (tertiary/aromatic N) is 1. The van der Waals surface area contributed by atoms with Crippen LogP contribution in [0.4, 0.5) is 23.2 Å². The molecular weight excluding hydrogens is 340 g/mol. The number of benzene rings is 1. The predicted octanol–water partition coefficient (Wildman–Crippen LogP) is 4.41. The lowest BCUT2D eigenvalue weighted by atomic mass is 10.1. The molecule has 0 spiro atoms. The average molecular weight is 352 g/mol. The summed E-state index contributed by atoms with van der Waals surface area (Å²) in [6, 6.07) is 8.79. The number of halogens is 4. The van der Waals surface area contributed by atoms with Crippen molar-refractivity contribution in [1.82, 2.24) is 4.40 Å². The van der Waals surface area contributed by atoms with Crippen LogP contribution in [0.3, 0.4) is 0 Å². The van der Waals surface area contributed by atoms with Crippen LogP contribution < -0.4 is 5.32 Å². The molecule has 2 aromatic heterocycles. The van der Waals surface area contributed by atoms with Gasteiger partial charge in [-0.2, -0.15) is 13.2 Å². The summed E-state index contributed by atoms with van der Waals surface area (Å²) in [5, 5.41) is 12.2. The number of carboxylic acids is 1. The Bertz CT molecular complexity index is 947. The highest BCUT2D eigenvalue weighted by atomic mass is 19.4. The lowest BCUT2D eigenvalue weighted by molar-refractivity contribution is -0.137. The second-order valence-electron chi connectivity index (χ2n) is 5.40. The van der Waals surface area contributed by atoms with Crippen LogP contribution in [0.5, 0.6) is 0 Å². The van der Waals surface area contributed by atoms with Gasteiger partial charge in [0.2, 0.25) is 0 Å². The third-order valence-corrected chi connectivity index (χ3v) is 3.67. The normalized spacial score (nSPS) is 11.7. The molecule has 130 valence electrons. The molecule has 0 unspecified atom stereocenters. The zero-order valence-electron chi connectivity index (χ0n) is 12.6. The zero-order chi connectivity index (χ0) is 18.2. The van der Waals surface area contributed by atoms with Gasteiger partial charge in [0.1, 0.15) is 5.82 Å². The molecule has 0 saturated heterocycles. The second-order valence-corrected chi connectivity index (χ2v) is 5.40. The highest BCUT2D eigenvalue weighted by Crippen LogP contribution is 2.30. The number of alkyl halides is 3. The molecule has 0 aliphatic rings. The van der Waals surface area contributed by atoms with E-state index in [1.165, 1.54) is 10.5 Å². The SMILES string of the molecule is O=C(O)c1c(NCc2cc(F)cc(C(F)(F)F)c2)ccc2cccn12. The van der Waals surface area contributed by atoms with Crippen molar-refractivity contribution < 1.29 is 27.5 Å². The Kier molecular flexibility index (Phi) is 4.12. The largest absolute Gasteiger partial charge is 0.476 e. The lowest BCUT2D eigenvalue weighted by Gasteiger charge is -2.13. The summed E-state index contributed by atoms with van der Waals surface area (Å²) in [6.07, 6.45) is -3.10. The number of carbonyl (C=O) groups is 1. The smallest absolute Gasteiger partial charge is 0.416 e. The minimum absolute atomic E-state index is 0.0521. The van der Waals surface area contributed by atoms with Gasteiger partial charge >= 0.3 is 12.1 Å². The minimum Gasteiger partial charge on any atom is -0.476 e. The molecule has 0 bridgehead atoms. The van der Waals surface area contributed by atoms with Crippen LogP contribution in [0.2, 0.25) is 0 Å². The fourth-order valence-corrected chi connectivity index (χ4v) is 2.59. The van der Waals surface area contributed by atoms with E-state index in [9.17, 15) is 27.5 Å². The standard InChI is InChI=1S/C17H12F4N2O2/c18-12-7-10(6-11(8-12)17(19,20)21)9-22-14-4-3-13-2-1-5-23(13)15(14)16(24)25/h1-8,22H,9H2,(H,24,25). The Balaban J connectivity index is 1.92. The van der Waals surface area contributed by atoms with E-state index in [-0.39, 0.29) is 23.5 Å². The Labute approximate surface area is 139 Å². The van der Waals surface area contributed by atoms with E-state index in [0.29, 0.717) is 11.6 Å². The number of aromatic nitrogens is 1. The molecule has 1 aromatic carbocycles. The Morgan fingerprint density at radius 3 is 2.60 bits per heavy atom. The van der Waals surface area contributed by atoms with Gasteiger partial charge in [0.05, 0.1) is 11.3 Å². The predicted molar refractivity (Wildman–Crippen MR) is 83.1 cm³/mol. The molecule has 8 heteroatoms. The quantitative estimate of drug-likeness (QED) is 0.684. The summed E-state index contributed by atoms with van der Waals surface area (Å²) in [5.74, 6) is -2.20. The van der Waals surface area contributed by atoms with Gasteiger partial charge in [0, 0.05) is 18.3 Å². The van der Waals surface area contributed by atoms with Gasteiger partial charge in [0.25, 0.3) is 0 Å². The van der Waals surface area contributed by atoms with Crippen molar-refractivity contribution in [2.75, 3.05) is 5.32 Å². The van der Waals surface area contributed by atoms with Crippen molar-refractivity contribution in [1.29, 1.82) is 0 Å². The van der Waals surface area contributed by atoms with Crippen molar-refractivity contribution in [3.8, 4) is 0 Å². The van der Waals surface area contributed by atoms with Crippen molar-refractivity contribution >= 4 is 17.2 Å². The van der Waals surface area contributed by atoms with Gasteiger partial charge in [-0.25, -0.2) is 9.18 Å². The number of pyridine rings is 1. The average Bonchev–Trinajstić information content (AvgIpc) is 2.99. The van der Waals surface area contributed by atoms with Crippen molar-refractivity contribution in [3.63, 3.8) is 0 Å². The first-order valence-electron chi connectivity index (χ1n) is 7.19. The summed E-state index contributed by atoms with van der Waals surface area (Å²) >= 11 is 0. The van der Waals surface area contributed by atoms with Crippen LogP contribution in [0, 0.1) is 5.82 Å². The second kappa shape index (κ2) is 6.12. The summed E-state index contributed by atoms with van der Waals surface area (Å²) in [5.41, 5.74) is -0.225. The van der Waals surface area contributed by atoms with Crippen LogP contribution in [0.15, 0.2) is 48.7 Å². The number of carboxylic acid groups (broad SMARTS) is 1. The first-order valence-corrected chi connectivity index (χ1v) is 7.19. The van der Waals surface area contributed by atoms with E-state index >= 15 is 0 Å². The summed E-state index contributed by atoms with van der Waals surface area (Å²) in [4.78, 5) is 11.5. The summed E-state index contributed by atoms with van der Waals surface area (Å²) < 4.78 is 53.1. The van der Waals surface area contributed by atoms with Crippen LogP contribution >= 0.6 is 0 Å². The molecular formula is C17H12F4N2O2. The molecule has 0 aliphatic heterocycles. The molecule has 0 fully saturated rings. The fourth-order valence-electron chi connectivity index (χ4n) is 2.59. The number of hydrogen-bond acceptors (Lipinski definition) is 2. The first-order chi connectivity index (χ1) is 11.8. The van der Waals surface area contributed by atoms with E-state index in [1.807, 2.05) is 0 Å². The number of anilines is 1. The maximum atomic E-state index is 13.4. The molecule has 25 heavy (non-hydrogen) atoms. The highest BCUT2D eigenvalue weighted by molar-refractivity contribution is 5.93. The molecule has 0 aliphatic carbocycles. The van der Waals surface area contributed by atoms with Crippen molar-refractivity contribution in [3.05, 3.63) is 71.3 Å². The van der Waals surface area contributed by atoms with Crippen LogP contribution in [-0.2, 0) is 12.7 Å². The van der Waals surface area contributed by atoms with Gasteiger partial charge in [-0.05, 0) is 48.0 Å². The third kappa shape index (κ3) is 3.42. The number of nitrogens with one attached hydrogen (secondary N) is 1. The van der Waals surface area contributed by atoms with Gasteiger partial charge in [-0.15, -0.1) is 0 Å². The Morgan fingerprint density at radius 1 is 1.16 bits per heavy atom. The van der Waals surface area contributed by atoms with Gasteiger partial charge in [-0.3, -0.25) is 0 Å². The Hall–Kier alpha value is -3.03. The van der Waals surface area contributed by atoms with E-state index in [0.717, 1.165) is 12.1 Å². The van der Waals surface area contributed by atoms with E-state index in [1.54, 1.807) is 24.4 Å². The number of rotatable bonds is 4. The van der Waals surface area contributed by atoms with E-state index in [4.69, 9.17) is 0 Å². The topological polar surface area (TPSA) is 53.7 Å². The van der Waals surface area contributed by atoms with Crippen LogP contribution in [0.25, 0.3) is 5.52 Å². The Morgan fingerprint density at radius 2 is 1.92 bits per heavy atom. The molecule has 0 atom stereocenters. The number of hydrogen-bond donors (Lipinski definition) is 2. The van der Waals surface area contributed by atoms with Gasteiger partial charge in [-0.1, -0.05) is 0 Å². The molecule has 0 amide bonds. The summed E-state index contributed by atoms with van der Waals surface area (Å²) in [7, 11) is 0. The highest BCUT2D eigenvalue weighted by Gasteiger charge is 2.31. The van der Waals surface area contributed by atoms with Crippen LogP contribution in [-0.4, -0.2) is 15.5 Å². The third-order valence-electron chi connectivity index (χ3n) is 3.67. The minimum atomic E-state index is -4.66. The molecule has 0 saturated carbocycles. The molecule has 3 aromatic rings. The number of fused-ring (bicyclic) bond motifs is 1. The molecule has 4 nitrogen and oxygen atoms in total. The maximum absolute atomic E-state index is 13.4.